The maximum atomic E-state index is 9.51. The van der Waals surface area contributed by atoms with Crippen molar-refractivity contribution in [2.24, 2.45) is 11.8 Å². The van der Waals surface area contributed by atoms with Gasteiger partial charge in [0.05, 0.1) is 37.0 Å². The largest absolute Gasteiger partial charge is 0.390 e. The molecule has 6 aromatic heterocycles. The number of piperidine rings is 1. The van der Waals surface area contributed by atoms with Crippen molar-refractivity contribution in [1.82, 2.24) is 44.5 Å². The molecule has 364 valence electrons. The molecule has 5 N–H and O–H groups in total. The minimum Gasteiger partial charge on any atom is -0.390 e. The van der Waals surface area contributed by atoms with Gasteiger partial charge in [0.25, 0.3) is 0 Å². The lowest BCUT2D eigenvalue weighted by Crippen LogP contribution is -2.37. The van der Waals surface area contributed by atoms with Gasteiger partial charge < -0.3 is 35.6 Å². The number of aliphatic hydroxyl groups excluding tert-OH is 2. The van der Waals surface area contributed by atoms with Crippen molar-refractivity contribution in [2.45, 2.75) is 146 Å². The summed E-state index contributed by atoms with van der Waals surface area (Å²) < 4.78 is 16.3. The highest BCUT2D eigenvalue weighted by atomic mass is 28.3. The number of nitrogens with one attached hydrogen (secondary N) is 1. The van der Waals surface area contributed by atoms with Gasteiger partial charge in [0.15, 0.2) is 11.3 Å². The highest BCUT2D eigenvalue weighted by Gasteiger charge is 2.37. The smallest absolute Gasteiger partial charge is 0.165 e. The zero-order valence-electron chi connectivity index (χ0n) is 41.1. The van der Waals surface area contributed by atoms with Gasteiger partial charge >= 0.3 is 0 Å². The summed E-state index contributed by atoms with van der Waals surface area (Å²) in [5.41, 5.74) is 15.1. The lowest BCUT2D eigenvalue weighted by molar-refractivity contribution is 0.0942. The monoisotopic (exact) mass is 960 g/mol. The molecule has 10 rings (SSSR count). The van der Waals surface area contributed by atoms with E-state index < -0.39 is 16.1 Å². The van der Waals surface area contributed by atoms with Crippen molar-refractivity contribution < 1.29 is 19.7 Å². The lowest BCUT2D eigenvalue weighted by atomic mass is 9.79. The first-order valence-electron chi connectivity index (χ1n) is 25.0. The number of aromatic nitrogens is 8. The molecule has 6 atom stereocenters. The van der Waals surface area contributed by atoms with Gasteiger partial charge in [-0.1, -0.05) is 64.3 Å². The molecule has 68 heavy (non-hydrogen) atoms. The highest BCUT2D eigenvalue weighted by molar-refractivity contribution is 6.76. The Kier molecular flexibility index (Phi) is 14.8. The van der Waals surface area contributed by atoms with Gasteiger partial charge in [0, 0.05) is 111 Å². The molecule has 2 aliphatic carbocycles. The minimum absolute atomic E-state index is 0.0670. The van der Waals surface area contributed by atoms with Gasteiger partial charge in [-0.3, -0.25) is 9.97 Å². The predicted octanol–water partition coefficient (Wildman–Crippen LogP) is 8.87. The number of nitrogens with two attached hydrogens (primary N) is 1. The van der Waals surface area contributed by atoms with E-state index in [0.717, 1.165) is 101 Å². The molecule has 2 unspecified atom stereocenters. The quantitative estimate of drug-likeness (QED) is 0.0386. The number of aliphatic hydroxyl groups is 2. The van der Waals surface area contributed by atoms with Crippen LogP contribution in [-0.4, -0.2) is 104 Å². The van der Waals surface area contributed by atoms with Crippen molar-refractivity contribution >= 4 is 39.1 Å². The van der Waals surface area contributed by atoms with Crippen molar-refractivity contribution in [2.75, 3.05) is 37.3 Å². The van der Waals surface area contributed by atoms with Gasteiger partial charge in [-0.15, -0.1) is 0 Å². The molecule has 0 spiro atoms. The first-order valence-corrected chi connectivity index (χ1v) is 32.4. The summed E-state index contributed by atoms with van der Waals surface area (Å²) in [6, 6.07) is 15.3. The SMILES string of the molecule is C[Si](C)(C)CCOCN(COCC[Si](C)(C)C)c1cc(C2C[C@H]3CC[C@@H](C2)C3)nc2c(-c3ccc(CO)nc3)cnn12.Nc1cc(C2C[C@H]3CC[C@@H](C2)N3)nc2c(-c3ccc(CO)nc3)cnn12. The Hall–Kier alpha value is -4.63. The Morgan fingerprint density at radius 1 is 0.647 bits per heavy atom. The van der Waals surface area contributed by atoms with E-state index in [1.165, 1.54) is 44.9 Å². The lowest BCUT2D eigenvalue weighted by Gasteiger charge is -2.30. The third-order valence-electron chi connectivity index (χ3n) is 14.6. The second-order valence-corrected chi connectivity index (χ2v) is 33.6. The number of anilines is 2. The number of hydrogen-bond donors (Lipinski definition) is 4. The number of hydrogen-bond acceptors (Lipinski definition) is 13. The predicted molar refractivity (Wildman–Crippen MR) is 274 cm³/mol. The van der Waals surface area contributed by atoms with Crippen LogP contribution in [0.25, 0.3) is 33.5 Å². The zero-order chi connectivity index (χ0) is 47.6. The second-order valence-electron chi connectivity index (χ2n) is 22.4. The van der Waals surface area contributed by atoms with Crippen molar-refractivity contribution in [3.05, 3.63) is 84.0 Å². The van der Waals surface area contributed by atoms with Crippen LogP contribution in [-0.2, 0) is 22.7 Å². The number of nitrogen functional groups attached to an aromatic ring is 1. The van der Waals surface area contributed by atoms with E-state index in [-0.39, 0.29) is 13.2 Å². The fourth-order valence-electron chi connectivity index (χ4n) is 10.7. The Balaban J connectivity index is 0.000000189. The maximum absolute atomic E-state index is 9.51. The van der Waals surface area contributed by atoms with Crippen LogP contribution in [0.3, 0.4) is 0 Å². The van der Waals surface area contributed by atoms with Crippen LogP contribution in [0, 0.1) is 11.8 Å². The fraction of sp³-hybridized carbons (Fsp3) is 0.569. The highest BCUT2D eigenvalue weighted by Crippen LogP contribution is 2.48. The third-order valence-corrected chi connectivity index (χ3v) is 18.0. The summed E-state index contributed by atoms with van der Waals surface area (Å²) >= 11 is 0. The number of nitrogens with zero attached hydrogens (tertiary/aromatic N) is 9. The van der Waals surface area contributed by atoms with E-state index in [9.17, 15) is 10.2 Å². The molecular weight excluding hydrogens is 887 g/mol. The summed E-state index contributed by atoms with van der Waals surface area (Å²) in [5, 5.41) is 31.6. The Bertz CT molecular complexity index is 2580. The van der Waals surface area contributed by atoms with E-state index in [1.807, 2.05) is 47.2 Å². The Morgan fingerprint density at radius 2 is 1.15 bits per heavy atom. The number of pyridine rings is 2. The standard InChI is InChI=1S/C32H51N5O3Si2.C19H22N6O/c1-41(2,3)13-11-39-22-36(23-40-12-14-42(4,5)6)31-18-30(27-16-24-7-8-25(15-24)17-27)35-32-29(20-34-37(31)32)26-9-10-28(21-38)33-19-26;20-18-7-17(12-5-13-3-4-14(6-12)23-13)24-19-16(9-22-25(18)19)11-1-2-15(10-26)21-8-11/h9-10,18-20,24-25,27,38H,7-8,11-17,21-23H2,1-6H3;1-2,7-9,12-14,23,26H,3-6,10,20H2/t24-,25+,27?;12?,13-,14+. The average molecular weight is 960 g/mol. The van der Waals surface area contributed by atoms with Gasteiger partial charge in [-0.2, -0.15) is 19.2 Å². The topological polar surface area (TPSA) is 186 Å². The number of fused-ring (bicyclic) bond motifs is 6. The van der Waals surface area contributed by atoms with Gasteiger partial charge in [0.1, 0.15) is 25.1 Å². The van der Waals surface area contributed by atoms with E-state index >= 15 is 0 Å². The van der Waals surface area contributed by atoms with E-state index in [4.69, 9.17) is 30.3 Å². The molecule has 17 heteroatoms. The summed E-state index contributed by atoms with van der Waals surface area (Å²) in [5.74, 6) is 4.13. The molecule has 8 heterocycles. The normalized spacial score (nSPS) is 22.5. The average Bonchev–Trinajstić information content (AvgIpc) is 4.12. The maximum Gasteiger partial charge on any atom is 0.165 e. The fourth-order valence-corrected chi connectivity index (χ4v) is 12.2. The summed E-state index contributed by atoms with van der Waals surface area (Å²) in [7, 11) is -2.41. The van der Waals surface area contributed by atoms with Gasteiger partial charge in [-0.25, -0.2) is 9.97 Å². The van der Waals surface area contributed by atoms with Crippen LogP contribution in [0.4, 0.5) is 11.6 Å². The first-order chi connectivity index (χ1) is 32.7. The molecule has 6 aromatic rings. The molecule has 2 saturated carbocycles. The van der Waals surface area contributed by atoms with Crippen LogP contribution >= 0.6 is 0 Å². The molecule has 4 aliphatic rings. The van der Waals surface area contributed by atoms with E-state index in [1.54, 1.807) is 16.9 Å². The van der Waals surface area contributed by atoms with Gasteiger partial charge in [-0.05, 0) is 81.0 Å². The molecule has 2 saturated heterocycles. The van der Waals surface area contributed by atoms with Crippen LogP contribution < -0.4 is 16.0 Å². The van der Waals surface area contributed by atoms with Crippen molar-refractivity contribution in [3.8, 4) is 22.3 Å². The number of rotatable bonds is 17. The van der Waals surface area contributed by atoms with E-state index in [2.05, 4.69) is 70.6 Å². The van der Waals surface area contributed by atoms with E-state index in [0.29, 0.717) is 54.6 Å². The zero-order valence-corrected chi connectivity index (χ0v) is 43.1. The molecular formula is C51H73N11O4Si2. The van der Waals surface area contributed by atoms with Gasteiger partial charge in [0.2, 0.25) is 0 Å². The molecule has 0 amide bonds. The Labute approximate surface area is 403 Å². The molecule has 2 aliphatic heterocycles. The third kappa shape index (κ3) is 11.5. The summed E-state index contributed by atoms with van der Waals surface area (Å²) in [6.07, 6.45) is 18.5. The molecule has 4 fully saturated rings. The molecule has 0 aromatic carbocycles. The number of ether oxygens (including phenoxy) is 2. The van der Waals surface area contributed by atoms with Crippen LogP contribution in [0.5, 0.6) is 0 Å². The van der Waals surface area contributed by atoms with Crippen LogP contribution in [0.2, 0.25) is 51.4 Å². The van der Waals surface area contributed by atoms with Crippen molar-refractivity contribution in [1.29, 1.82) is 0 Å². The molecule has 4 bridgehead atoms. The summed E-state index contributed by atoms with van der Waals surface area (Å²) in [4.78, 5) is 21.2. The first kappa shape index (κ1) is 48.4. The molecule has 15 nitrogen and oxygen atoms in total. The second kappa shape index (κ2) is 20.8. The van der Waals surface area contributed by atoms with Crippen LogP contribution in [0.1, 0.15) is 92.4 Å². The van der Waals surface area contributed by atoms with Crippen molar-refractivity contribution in [3.63, 3.8) is 0 Å². The van der Waals surface area contributed by atoms with Crippen LogP contribution in [0.15, 0.2) is 61.2 Å². The molecule has 0 radical (unpaired) electrons. The Morgan fingerprint density at radius 3 is 1.65 bits per heavy atom. The minimum atomic E-state index is -1.20. The summed E-state index contributed by atoms with van der Waals surface area (Å²) in [6.45, 7) is 16.6.